The van der Waals surface area contributed by atoms with Crippen molar-refractivity contribution in [1.82, 2.24) is 0 Å². The first-order valence-electron chi connectivity index (χ1n) is 22.5. The highest BCUT2D eigenvalue weighted by molar-refractivity contribution is 5.94. The molecular formula is C62H58. The predicted molar refractivity (Wildman–Crippen MR) is 266 cm³/mol. The fourth-order valence-corrected chi connectivity index (χ4v) is 12.6. The Morgan fingerprint density at radius 3 is 0.806 bits per heavy atom. The molecule has 0 saturated carbocycles. The van der Waals surface area contributed by atoms with Crippen LogP contribution in [-0.4, -0.2) is 0 Å². The van der Waals surface area contributed by atoms with Gasteiger partial charge in [-0.2, -0.15) is 0 Å². The lowest BCUT2D eigenvalue weighted by Crippen LogP contribution is -2.33. The molecule has 62 heavy (non-hydrogen) atoms. The maximum Gasteiger partial charge on any atom is 0.0510 e. The maximum absolute atomic E-state index is 2.59. The Kier molecular flexibility index (Phi) is 9.27. The van der Waals surface area contributed by atoms with Crippen molar-refractivity contribution in [2.24, 2.45) is 0 Å². The minimum Gasteiger partial charge on any atom is -0.0557 e. The van der Waals surface area contributed by atoms with E-state index >= 15 is 0 Å². The van der Waals surface area contributed by atoms with Crippen molar-refractivity contribution in [2.45, 2.75) is 94.9 Å². The van der Waals surface area contributed by atoms with Crippen molar-refractivity contribution >= 4 is 0 Å². The van der Waals surface area contributed by atoms with Crippen molar-refractivity contribution in [3.8, 4) is 66.8 Å². The number of fused-ring (bicyclic) bond motifs is 9. The molecule has 2 aliphatic carbocycles. The smallest absolute Gasteiger partial charge is 0.0510 e. The molecule has 0 atom stereocenters. The highest BCUT2D eigenvalue weighted by atomic mass is 14.5. The van der Waals surface area contributed by atoms with Crippen molar-refractivity contribution in [2.75, 3.05) is 0 Å². The number of aryl methyl sites for hydroxylation is 12. The van der Waals surface area contributed by atoms with Gasteiger partial charge in [-0.1, -0.05) is 125 Å². The van der Waals surface area contributed by atoms with E-state index in [0.717, 1.165) is 6.42 Å². The van der Waals surface area contributed by atoms with Crippen molar-refractivity contribution in [3.63, 3.8) is 0 Å². The van der Waals surface area contributed by atoms with E-state index in [2.05, 4.69) is 204 Å². The van der Waals surface area contributed by atoms with Gasteiger partial charge in [0.15, 0.2) is 0 Å². The van der Waals surface area contributed by atoms with Crippen LogP contribution in [0.25, 0.3) is 66.8 Å². The van der Waals surface area contributed by atoms with Crippen LogP contribution in [-0.2, 0) is 11.8 Å². The van der Waals surface area contributed by atoms with Crippen molar-refractivity contribution in [1.29, 1.82) is 0 Å². The third-order valence-electron chi connectivity index (χ3n) is 14.4. The van der Waals surface area contributed by atoms with Crippen LogP contribution in [0.4, 0.5) is 0 Å². The number of benzene rings is 8. The van der Waals surface area contributed by atoms with E-state index in [1.807, 2.05) is 0 Å². The zero-order chi connectivity index (χ0) is 43.5. The molecule has 8 aromatic carbocycles. The highest BCUT2D eigenvalue weighted by Gasteiger charge is 2.49. The van der Waals surface area contributed by atoms with Gasteiger partial charge in [-0.15, -0.1) is 0 Å². The van der Waals surface area contributed by atoms with Crippen molar-refractivity contribution < 1.29 is 0 Å². The summed E-state index contributed by atoms with van der Waals surface area (Å²) in [4.78, 5) is 0. The van der Waals surface area contributed by atoms with Gasteiger partial charge in [0.25, 0.3) is 0 Å². The summed E-state index contributed by atoms with van der Waals surface area (Å²) in [6, 6.07) is 48.4. The van der Waals surface area contributed by atoms with Gasteiger partial charge in [-0.05, 0) is 241 Å². The van der Waals surface area contributed by atoms with Crippen LogP contribution >= 0.6 is 0 Å². The molecule has 10 rings (SSSR count). The maximum atomic E-state index is 2.59. The second kappa shape index (κ2) is 14.4. The molecule has 0 amide bonds. The summed E-state index contributed by atoms with van der Waals surface area (Å²) in [6.07, 6.45) is 0.868. The van der Waals surface area contributed by atoms with Crippen LogP contribution < -0.4 is 0 Å². The van der Waals surface area contributed by atoms with E-state index < -0.39 is 5.41 Å². The van der Waals surface area contributed by atoms with Gasteiger partial charge in [0, 0.05) is 0 Å². The van der Waals surface area contributed by atoms with Crippen LogP contribution in [0.2, 0.25) is 0 Å². The fourth-order valence-electron chi connectivity index (χ4n) is 12.6. The Hall–Kier alpha value is -6.24. The van der Waals surface area contributed by atoms with Gasteiger partial charge in [0.05, 0.1) is 5.41 Å². The molecule has 8 aromatic rings. The quantitative estimate of drug-likeness (QED) is 0.166. The first-order valence-corrected chi connectivity index (χ1v) is 22.5. The lowest BCUT2D eigenvalue weighted by Gasteiger charge is -2.40. The van der Waals surface area contributed by atoms with Crippen LogP contribution in [0.1, 0.15) is 89.0 Å². The summed E-state index contributed by atoms with van der Waals surface area (Å²) < 4.78 is 0. The van der Waals surface area contributed by atoms with Gasteiger partial charge in [-0.25, -0.2) is 0 Å². The second-order valence-electron chi connectivity index (χ2n) is 19.3. The topological polar surface area (TPSA) is 0 Å². The third-order valence-corrected chi connectivity index (χ3v) is 14.4. The second-order valence-corrected chi connectivity index (χ2v) is 19.3. The zero-order valence-electron chi connectivity index (χ0n) is 38.8. The van der Waals surface area contributed by atoms with E-state index in [4.69, 9.17) is 0 Å². The van der Waals surface area contributed by atoms with Crippen LogP contribution in [0.15, 0.2) is 121 Å². The van der Waals surface area contributed by atoms with Gasteiger partial charge in [0.2, 0.25) is 0 Å². The van der Waals surface area contributed by atoms with Gasteiger partial charge < -0.3 is 0 Å². The Morgan fingerprint density at radius 2 is 0.516 bits per heavy atom. The average Bonchev–Trinajstić information content (AvgIpc) is 3.44. The molecule has 0 aromatic heterocycles. The van der Waals surface area contributed by atoms with Crippen LogP contribution in [0.5, 0.6) is 0 Å². The summed E-state index contributed by atoms with van der Waals surface area (Å²) >= 11 is 0. The first-order chi connectivity index (χ1) is 29.6. The standard InChI is InChI=1S/C62H58/c1-34-21-38(5)58(39(6)22-34)46-13-17-51-50(29-46)33-62(55-30-47(14-18-52(51)55)59-40(7)23-35(2)24-41(59)8)56-31-48(60-42(9)25-36(3)26-43(60)10)15-19-53(56)54-20-16-49(32-57(54)62)61-44(11)27-37(4)28-45(61)12/h13-32H,33H2,1-12H3. The lowest BCUT2D eigenvalue weighted by molar-refractivity contribution is 0.623. The fraction of sp³-hybridized carbons (Fsp3) is 0.226. The predicted octanol–water partition coefficient (Wildman–Crippen LogP) is 16.6. The number of rotatable bonds is 4. The van der Waals surface area contributed by atoms with E-state index in [9.17, 15) is 0 Å². The third kappa shape index (κ3) is 6.09. The summed E-state index contributed by atoms with van der Waals surface area (Å²) in [5.41, 5.74) is 37.0. The lowest BCUT2D eigenvalue weighted by atomic mass is 9.61. The SMILES string of the molecule is Cc1cc(C)c(-c2ccc3c(c2)CC2(c4cc(-c5c(C)cc(C)cc5C)ccc4-3)c3cc(-c4c(C)cc(C)cc4C)ccc3-c3ccc(-c4c(C)cc(C)cc4C)cc32)c(C)c1. The molecule has 0 radical (unpaired) electrons. The van der Waals surface area contributed by atoms with Crippen LogP contribution in [0.3, 0.4) is 0 Å². The Labute approximate surface area is 370 Å². The van der Waals surface area contributed by atoms with Gasteiger partial charge >= 0.3 is 0 Å². The molecule has 0 heteroatoms. The van der Waals surface area contributed by atoms with E-state index in [1.165, 1.54) is 156 Å². The van der Waals surface area contributed by atoms with Gasteiger partial charge in [-0.3, -0.25) is 0 Å². The molecule has 0 aliphatic heterocycles. The Morgan fingerprint density at radius 1 is 0.274 bits per heavy atom. The summed E-state index contributed by atoms with van der Waals surface area (Å²) in [5.74, 6) is 0. The van der Waals surface area contributed by atoms with E-state index in [0.29, 0.717) is 0 Å². The van der Waals surface area contributed by atoms with Crippen LogP contribution in [0, 0.1) is 83.1 Å². The molecule has 0 bridgehead atoms. The minimum absolute atomic E-state index is 0.448. The monoisotopic (exact) mass is 802 g/mol. The normalized spacial score (nSPS) is 13.2. The number of hydrogen-bond acceptors (Lipinski definition) is 0. The molecule has 0 nitrogen and oxygen atoms in total. The first kappa shape index (κ1) is 39.9. The zero-order valence-corrected chi connectivity index (χ0v) is 38.8. The molecule has 0 unspecified atom stereocenters. The molecule has 0 N–H and O–H groups in total. The summed E-state index contributed by atoms with van der Waals surface area (Å²) in [6.45, 7) is 27.1. The summed E-state index contributed by atoms with van der Waals surface area (Å²) in [5, 5.41) is 0. The molecule has 306 valence electrons. The molecule has 0 heterocycles. The van der Waals surface area contributed by atoms with E-state index in [1.54, 1.807) is 0 Å². The molecule has 2 aliphatic rings. The Bertz CT molecular complexity index is 3020. The number of hydrogen-bond donors (Lipinski definition) is 0. The van der Waals surface area contributed by atoms with Crippen molar-refractivity contribution in [3.05, 3.63) is 210 Å². The largest absolute Gasteiger partial charge is 0.0557 e. The van der Waals surface area contributed by atoms with Gasteiger partial charge in [0.1, 0.15) is 0 Å². The Balaban J connectivity index is 1.33. The average molecular weight is 803 g/mol. The molecule has 0 fully saturated rings. The molecule has 0 saturated heterocycles. The minimum atomic E-state index is -0.448. The summed E-state index contributed by atoms with van der Waals surface area (Å²) in [7, 11) is 0. The molecular weight excluding hydrogens is 745 g/mol. The highest BCUT2D eigenvalue weighted by Crippen LogP contribution is 2.61. The van der Waals surface area contributed by atoms with E-state index in [-0.39, 0.29) is 0 Å². The molecule has 1 spiro atoms.